The van der Waals surface area contributed by atoms with E-state index in [1.807, 2.05) is 13.8 Å². The number of hydrogen-bond acceptors (Lipinski definition) is 4. The first kappa shape index (κ1) is 17.9. The molecule has 0 aliphatic heterocycles. The minimum absolute atomic E-state index is 0.0169. The van der Waals surface area contributed by atoms with Gasteiger partial charge in [0.05, 0.1) is 13.1 Å². The number of hydrogen-bond donors (Lipinski definition) is 1. The van der Waals surface area contributed by atoms with E-state index in [1.165, 1.54) is 0 Å². The fourth-order valence-electron chi connectivity index (χ4n) is 1.77. The highest BCUT2D eigenvalue weighted by Gasteiger charge is 2.16. The molecule has 0 aliphatic rings. The Morgan fingerprint density at radius 1 is 1.00 bits per heavy atom. The fraction of sp³-hybridized carbons (Fsp3) is 0.846. The molecule has 2 N–H and O–H groups in total. The van der Waals surface area contributed by atoms with Crippen molar-refractivity contribution in [2.24, 2.45) is 5.73 Å². The first-order valence-corrected chi connectivity index (χ1v) is 6.86. The van der Waals surface area contributed by atoms with Gasteiger partial charge in [-0.25, -0.2) is 0 Å². The Balaban J connectivity index is 4.12. The number of carbonyl (C=O) groups is 2. The van der Waals surface area contributed by atoms with Crippen molar-refractivity contribution >= 4 is 11.8 Å². The maximum absolute atomic E-state index is 11.9. The first-order valence-electron chi connectivity index (χ1n) is 6.86. The zero-order valence-electron chi connectivity index (χ0n) is 12.7. The summed E-state index contributed by atoms with van der Waals surface area (Å²) in [6, 6.07) is 0. The lowest BCUT2D eigenvalue weighted by atomic mass is 10.3. The van der Waals surface area contributed by atoms with E-state index in [0.29, 0.717) is 26.2 Å². The number of carbonyl (C=O) groups excluding carboxylic acids is 2. The van der Waals surface area contributed by atoms with Gasteiger partial charge in [-0.15, -0.1) is 0 Å². The molecule has 0 unspecified atom stereocenters. The van der Waals surface area contributed by atoms with Crippen LogP contribution in [0.3, 0.4) is 0 Å². The molecule has 0 aromatic heterocycles. The van der Waals surface area contributed by atoms with E-state index in [9.17, 15) is 9.59 Å². The maximum Gasteiger partial charge on any atom is 0.236 e. The summed E-state index contributed by atoms with van der Waals surface area (Å²) in [6.45, 7) is 7.08. The molecule has 0 aliphatic carbocycles. The second-order valence-corrected chi connectivity index (χ2v) is 4.70. The fourth-order valence-corrected chi connectivity index (χ4v) is 1.77. The van der Waals surface area contributed by atoms with Crippen molar-refractivity contribution in [2.45, 2.75) is 20.3 Å². The minimum Gasteiger partial charge on any atom is -0.345 e. The Hall–Kier alpha value is -1.14. The molecule has 19 heavy (non-hydrogen) atoms. The van der Waals surface area contributed by atoms with E-state index in [4.69, 9.17) is 5.73 Å². The van der Waals surface area contributed by atoms with Gasteiger partial charge in [0.1, 0.15) is 0 Å². The summed E-state index contributed by atoms with van der Waals surface area (Å²) in [6.07, 6.45) is 0.796. The van der Waals surface area contributed by atoms with Crippen LogP contribution in [0.15, 0.2) is 0 Å². The van der Waals surface area contributed by atoms with Crippen LogP contribution in [0.5, 0.6) is 0 Å². The summed E-state index contributed by atoms with van der Waals surface area (Å²) in [4.78, 5) is 28.9. The van der Waals surface area contributed by atoms with Crippen LogP contribution >= 0.6 is 0 Å². The Labute approximate surface area is 116 Å². The highest BCUT2D eigenvalue weighted by atomic mass is 16.2. The molecular formula is C13H28N4O2. The predicted octanol–water partition coefficient (Wildman–Crippen LogP) is -0.406. The summed E-state index contributed by atoms with van der Waals surface area (Å²) < 4.78 is 0. The lowest BCUT2D eigenvalue weighted by molar-refractivity contribution is -0.134. The van der Waals surface area contributed by atoms with Crippen LogP contribution < -0.4 is 5.73 Å². The molecule has 6 nitrogen and oxygen atoms in total. The van der Waals surface area contributed by atoms with Gasteiger partial charge < -0.3 is 15.5 Å². The van der Waals surface area contributed by atoms with Gasteiger partial charge in [0.2, 0.25) is 11.8 Å². The molecule has 0 saturated heterocycles. The molecule has 0 fully saturated rings. The Morgan fingerprint density at radius 3 is 2.00 bits per heavy atom. The molecule has 0 aromatic rings. The van der Waals surface area contributed by atoms with Gasteiger partial charge in [-0.1, -0.05) is 0 Å². The summed E-state index contributed by atoms with van der Waals surface area (Å²) in [5, 5.41) is 0. The summed E-state index contributed by atoms with van der Waals surface area (Å²) in [5.74, 6) is 0.0770. The summed E-state index contributed by atoms with van der Waals surface area (Å²) in [5.41, 5.74) is 5.41. The van der Waals surface area contributed by atoms with Crippen LogP contribution in [-0.2, 0) is 9.59 Å². The topological polar surface area (TPSA) is 69.9 Å². The van der Waals surface area contributed by atoms with Crippen LogP contribution in [0.4, 0.5) is 0 Å². The van der Waals surface area contributed by atoms with E-state index in [2.05, 4.69) is 0 Å². The smallest absolute Gasteiger partial charge is 0.236 e. The van der Waals surface area contributed by atoms with Gasteiger partial charge in [-0.2, -0.15) is 0 Å². The molecule has 0 bridgehead atoms. The van der Waals surface area contributed by atoms with Crippen molar-refractivity contribution in [3.63, 3.8) is 0 Å². The van der Waals surface area contributed by atoms with Crippen molar-refractivity contribution < 1.29 is 9.59 Å². The quantitative estimate of drug-likeness (QED) is 0.620. The van der Waals surface area contributed by atoms with E-state index in [1.54, 1.807) is 28.8 Å². The van der Waals surface area contributed by atoms with Crippen LogP contribution in [0, 0.1) is 0 Å². The van der Waals surface area contributed by atoms with Crippen molar-refractivity contribution in [2.75, 3.05) is 53.4 Å². The molecule has 0 spiro atoms. The van der Waals surface area contributed by atoms with Gasteiger partial charge >= 0.3 is 0 Å². The Kier molecular flexibility index (Phi) is 9.16. The van der Waals surface area contributed by atoms with Crippen molar-refractivity contribution in [3.05, 3.63) is 0 Å². The van der Waals surface area contributed by atoms with Gasteiger partial charge in [0.25, 0.3) is 0 Å². The first-order chi connectivity index (χ1) is 8.96. The van der Waals surface area contributed by atoms with E-state index in [0.717, 1.165) is 6.42 Å². The number of nitrogens with two attached hydrogens (primary N) is 1. The highest BCUT2D eigenvalue weighted by Crippen LogP contribution is 1.95. The molecule has 0 atom stereocenters. The third-order valence-corrected chi connectivity index (χ3v) is 3.05. The summed E-state index contributed by atoms with van der Waals surface area (Å²) >= 11 is 0. The van der Waals surface area contributed by atoms with E-state index in [-0.39, 0.29) is 24.9 Å². The molecule has 0 heterocycles. The average Bonchev–Trinajstić information content (AvgIpc) is 2.36. The van der Waals surface area contributed by atoms with Gasteiger partial charge in [-0.05, 0) is 33.9 Å². The molecule has 0 radical (unpaired) electrons. The van der Waals surface area contributed by atoms with Crippen LogP contribution in [0.1, 0.15) is 20.3 Å². The number of nitrogens with zero attached hydrogens (tertiary/aromatic N) is 3. The maximum atomic E-state index is 11.9. The lowest BCUT2D eigenvalue weighted by Gasteiger charge is -2.24. The van der Waals surface area contributed by atoms with E-state index < -0.39 is 0 Å². The second-order valence-electron chi connectivity index (χ2n) is 4.70. The monoisotopic (exact) mass is 272 g/mol. The number of rotatable bonds is 9. The van der Waals surface area contributed by atoms with Gasteiger partial charge in [-0.3, -0.25) is 14.5 Å². The zero-order valence-corrected chi connectivity index (χ0v) is 12.7. The highest BCUT2D eigenvalue weighted by molar-refractivity contribution is 5.81. The number of amides is 2. The normalized spacial score (nSPS) is 10.6. The second kappa shape index (κ2) is 9.75. The van der Waals surface area contributed by atoms with Crippen molar-refractivity contribution in [3.8, 4) is 0 Å². The predicted molar refractivity (Wildman–Crippen MR) is 76.7 cm³/mol. The number of likely N-dealkylation sites (N-methyl/N-ethyl adjacent to an activating group) is 3. The van der Waals surface area contributed by atoms with Gasteiger partial charge in [0, 0.05) is 26.7 Å². The summed E-state index contributed by atoms with van der Waals surface area (Å²) in [7, 11) is 3.55. The third kappa shape index (κ3) is 7.12. The molecule has 2 amide bonds. The van der Waals surface area contributed by atoms with Crippen LogP contribution in [0.25, 0.3) is 0 Å². The van der Waals surface area contributed by atoms with Crippen molar-refractivity contribution in [1.82, 2.24) is 14.7 Å². The van der Waals surface area contributed by atoms with Gasteiger partial charge in [0.15, 0.2) is 0 Å². The van der Waals surface area contributed by atoms with E-state index >= 15 is 0 Å². The Bertz CT molecular complexity index is 280. The Morgan fingerprint density at radius 2 is 1.53 bits per heavy atom. The molecule has 6 heteroatoms. The standard InChI is InChI=1S/C13H28N4O2/c1-5-17(6-2)13(19)11-15(3)10-12(18)16(4)9-7-8-14/h5-11,14H2,1-4H3. The SMILES string of the molecule is CCN(CC)C(=O)CN(C)CC(=O)N(C)CCCN. The third-order valence-electron chi connectivity index (χ3n) is 3.05. The molecular weight excluding hydrogens is 244 g/mol. The lowest BCUT2D eigenvalue weighted by Crippen LogP contribution is -2.43. The van der Waals surface area contributed by atoms with Crippen LogP contribution in [0.2, 0.25) is 0 Å². The molecule has 0 rings (SSSR count). The minimum atomic E-state index is 0.0169. The van der Waals surface area contributed by atoms with Crippen molar-refractivity contribution in [1.29, 1.82) is 0 Å². The van der Waals surface area contributed by atoms with Crippen LogP contribution in [-0.4, -0.2) is 79.9 Å². The molecule has 0 saturated carbocycles. The molecule has 112 valence electrons. The zero-order chi connectivity index (χ0) is 14.8. The average molecular weight is 272 g/mol. The largest absolute Gasteiger partial charge is 0.345 e. The molecule has 0 aromatic carbocycles.